The van der Waals surface area contributed by atoms with Crippen LogP contribution in [0.25, 0.3) is 0 Å². The first-order valence-electron chi connectivity index (χ1n) is 9.05. The Bertz CT molecular complexity index is 937. The van der Waals surface area contributed by atoms with Crippen molar-refractivity contribution in [1.29, 1.82) is 0 Å². The summed E-state index contributed by atoms with van der Waals surface area (Å²) in [6.07, 6.45) is 1.62. The predicted octanol–water partition coefficient (Wildman–Crippen LogP) is 2.04. The zero-order valence-electron chi connectivity index (χ0n) is 15.8. The van der Waals surface area contributed by atoms with E-state index in [-0.39, 0.29) is 6.10 Å². The largest absolute Gasteiger partial charge is 0.487 e. The van der Waals surface area contributed by atoms with Gasteiger partial charge in [-0.3, -0.25) is 4.72 Å². The number of nitrogens with zero attached hydrogens (tertiary/aromatic N) is 1. The summed E-state index contributed by atoms with van der Waals surface area (Å²) >= 11 is 6.25. The number of halogens is 1. The quantitative estimate of drug-likeness (QED) is 0.746. The zero-order chi connectivity index (χ0) is 19.6. The summed E-state index contributed by atoms with van der Waals surface area (Å²) in [4.78, 5) is 2.49. The zero-order valence-corrected chi connectivity index (χ0v) is 17.4. The molecule has 1 aliphatic heterocycles. The molecule has 1 aliphatic rings. The van der Waals surface area contributed by atoms with Crippen molar-refractivity contribution in [2.75, 3.05) is 24.9 Å². The van der Waals surface area contributed by atoms with Crippen LogP contribution >= 0.6 is 11.6 Å². The van der Waals surface area contributed by atoms with Gasteiger partial charge in [-0.05, 0) is 43.7 Å². The number of hydrogen-bond donors (Lipinski definition) is 1. The number of hydrogen-bond acceptors (Lipinski definition) is 4. The minimum atomic E-state index is -3.70. The van der Waals surface area contributed by atoms with Crippen LogP contribution in [0.1, 0.15) is 18.9 Å². The minimum Gasteiger partial charge on any atom is -0.487 e. The number of likely N-dealkylation sites (tertiary alicyclic amines) is 1. The number of aryl methyl sites for hydroxylation is 1. The summed E-state index contributed by atoms with van der Waals surface area (Å²) in [5, 5.41) is 0.470. The van der Waals surface area contributed by atoms with E-state index in [4.69, 9.17) is 16.3 Å². The van der Waals surface area contributed by atoms with Crippen LogP contribution in [0.3, 0.4) is 0 Å². The van der Waals surface area contributed by atoms with E-state index in [9.17, 15) is 8.42 Å². The first-order chi connectivity index (χ1) is 12.8. The number of likely N-dealkylation sites (N-methyl/N-ethyl adjacent to an activating group) is 1. The molecule has 1 heterocycles. The number of benzene rings is 2. The van der Waals surface area contributed by atoms with Crippen LogP contribution in [0, 0.1) is 0 Å². The van der Waals surface area contributed by atoms with Crippen molar-refractivity contribution >= 4 is 40.6 Å². The number of anilines is 1. The molecule has 0 radical (unpaired) electrons. The monoisotopic (exact) mass is 406 g/mol. The Balaban J connectivity index is 1.83. The van der Waals surface area contributed by atoms with Crippen molar-refractivity contribution in [3.05, 3.63) is 47.0 Å². The first-order valence-corrected chi connectivity index (χ1v) is 10.9. The molecule has 1 fully saturated rings. The van der Waals surface area contributed by atoms with Crippen LogP contribution in [-0.2, 0) is 16.4 Å². The molecule has 144 valence electrons. The maximum absolute atomic E-state index is 12.9. The molecule has 0 unspecified atom stereocenters. The van der Waals surface area contributed by atoms with Gasteiger partial charge in [0.15, 0.2) is 0 Å². The van der Waals surface area contributed by atoms with Crippen LogP contribution in [0.5, 0.6) is 5.75 Å². The summed E-state index contributed by atoms with van der Waals surface area (Å²) in [7, 11) is 0.299. The summed E-state index contributed by atoms with van der Waals surface area (Å²) in [5.74, 6) is 0.497. The standard InChI is InChI=1S/C19H24BClN2O3S/c1-3-13-10-14(20)4-7-19(13)27(24,25)22-15-5-6-17(21)18(11-15)26-16-8-9-23(2)12-16/h4-7,10-11,16,22H,3,8-9,12,20H2,1-2H3/t16-/m1/s1. The smallest absolute Gasteiger partial charge is 0.262 e. The molecule has 0 spiro atoms. The van der Waals surface area contributed by atoms with Crippen molar-refractivity contribution < 1.29 is 13.2 Å². The van der Waals surface area contributed by atoms with Crippen LogP contribution in [0.2, 0.25) is 5.02 Å². The number of rotatable bonds is 6. The Morgan fingerprint density at radius 3 is 2.74 bits per heavy atom. The Labute approximate surface area is 167 Å². The Morgan fingerprint density at radius 1 is 1.30 bits per heavy atom. The molecule has 1 N–H and O–H groups in total. The van der Waals surface area contributed by atoms with E-state index >= 15 is 0 Å². The fourth-order valence-electron chi connectivity index (χ4n) is 3.28. The van der Waals surface area contributed by atoms with Gasteiger partial charge in [0.05, 0.1) is 15.6 Å². The molecule has 1 atom stereocenters. The van der Waals surface area contributed by atoms with Crippen molar-refractivity contribution in [1.82, 2.24) is 4.90 Å². The average molecular weight is 407 g/mol. The van der Waals surface area contributed by atoms with Gasteiger partial charge in [-0.15, -0.1) is 0 Å². The summed E-state index contributed by atoms with van der Waals surface area (Å²) in [6.45, 7) is 3.75. The van der Waals surface area contributed by atoms with Gasteiger partial charge in [0.1, 0.15) is 19.7 Å². The molecule has 0 aromatic heterocycles. The van der Waals surface area contributed by atoms with E-state index in [1.807, 2.05) is 27.9 Å². The first kappa shape index (κ1) is 20.0. The average Bonchev–Trinajstić information content (AvgIpc) is 3.02. The van der Waals surface area contributed by atoms with Crippen molar-refractivity contribution in [2.24, 2.45) is 0 Å². The van der Waals surface area contributed by atoms with Gasteiger partial charge in [0.2, 0.25) is 0 Å². The van der Waals surface area contributed by atoms with Crippen molar-refractivity contribution in [3.8, 4) is 5.75 Å². The molecular formula is C19H24BClN2O3S. The van der Waals surface area contributed by atoms with Gasteiger partial charge >= 0.3 is 0 Å². The van der Waals surface area contributed by atoms with Crippen LogP contribution in [0.4, 0.5) is 5.69 Å². The second kappa shape index (κ2) is 8.13. The summed E-state index contributed by atoms with van der Waals surface area (Å²) < 4.78 is 34.4. The molecular weight excluding hydrogens is 383 g/mol. The van der Waals surface area contributed by atoms with E-state index in [0.29, 0.717) is 27.8 Å². The highest BCUT2D eigenvalue weighted by molar-refractivity contribution is 7.92. The van der Waals surface area contributed by atoms with Gasteiger partial charge in [-0.2, -0.15) is 0 Å². The molecule has 2 aromatic carbocycles. The van der Waals surface area contributed by atoms with Gasteiger partial charge in [-0.25, -0.2) is 8.42 Å². The van der Waals surface area contributed by atoms with Crippen LogP contribution < -0.4 is 14.9 Å². The van der Waals surface area contributed by atoms with Gasteiger partial charge in [0, 0.05) is 19.2 Å². The predicted molar refractivity (Wildman–Crippen MR) is 113 cm³/mol. The molecule has 0 bridgehead atoms. The highest BCUT2D eigenvalue weighted by Gasteiger charge is 2.23. The van der Waals surface area contributed by atoms with Crippen LogP contribution in [-0.4, -0.2) is 47.4 Å². The lowest BCUT2D eigenvalue weighted by Gasteiger charge is -2.17. The molecule has 0 amide bonds. The molecule has 5 nitrogen and oxygen atoms in total. The van der Waals surface area contributed by atoms with Gasteiger partial charge < -0.3 is 9.64 Å². The van der Waals surface area contributed by atoms with E-state index < -0.39 is 10.0 Å². The third-order valence-electron chi connectivity index (χ3n) is 4.71. The molecule has 2 aromatic rings. The molecule has 3 rings (SSSR count). The lowest BCUT2D eigenvalue weighted by Crippen LogP contribution is -2.21. The van der Waals surface area contributed by atoms with Crippen LogP contribution in [0.15, 0.2) is 41.3 Å². The van der Waals surface area contributed by atoms with E-state index in [2.05, 4.69) is 9.62 Å². The van der Waals surface area contributed by atoms with Crippen molar-refractivity contribution in [2.45, 2.75) is 30.8 Å². The lowest BCUT2D eigenvalue weighted by molar-refractivity contribution is 0.208. The summed E-state index contributed by atoms with van der Waals surface area (Å²) in [5.41, 5.74) is 2.26. The van der Waals surface area contributed by atoms with E-state index in [0.717, 1.165) is 30.5 Å². The minimum absolute atomic E-state index is 0.0585. The molecule has 27 heavy (non-hydrogen) atoms. The van der Waals surface area contributed by atoms with Crippen molar-refractivity contribution in [3.63, 3.8) is 0 Å². The van der Waals surface area contributed by atoms with Gasteiger partial charge in [0.25, 0.3) is 10.0 Å². The fraction of sp³-hybridized carbons (Fsp3) is 0.368. The maximum Gasteiger partial charge on any atom is 0.262 e. The molecule has 0 saturated carbocycles. The maximum atomic E-state index is 12.9. The van der Waals surface area contributed by atoms with Gasteiger partial charge in [-0.1, -0.05) is 36.1 Å². The topological polar surface area (TPSA) is 58.6 Å². The number of nitrogens with one attached hydrogen (secondary N) is 1. The highest BCUT2D eigenvalue weighted by atomic mass is 35.5. The van der Waals surface area contributed by atoms with E-state index in [1.54, 1.807) is 30.3 Å². The highest BCUT2D eigenvalue weighted by Crippen LogP contribution is 2.31. The molecule has 1 saturated heterocycles. The Hall–Kier alpha value is -1.70. The normalized spacial score (nSPS) is 17.8. The number of ether oxygens (including phenoxy) is 1. The Kier molecular flexibility index (Phi) is 6.03. The number of sulfonamides is 1. The van der Waals surface area contributed by atoms with E-state index in [1.165, 1.54) is 0 Å². The SMILES string of the molecule is Bc1ccc(S(=O)(=O)Nc2ccc(Cl)c(O[C@@H]3CCN(C)C3)c2)c(CC)c1. The fourth-order valence-corrected chi connectivity index (χ4v) is 4.79. The molecule has 8 heteroatoms. The third-order valence-corrected chi connectivity index (χ3v) is 6.51. The third kappa shape index (κ3) is 4.78. The second-order valence-corrected chi connectivity index (χ2v) is 9.06. The summed E-state index contributed by atoms with van der Waals surface area (Å²) in [6, 6.07) is 10.3. The lowest BCUT2D eigenvalue weighted by atomic mass is 9.94. The Morgan fingerprint density at radius 2 is 2.07 bits per heavy atom. The second-order valence-electron chi connectivity index (χ2n) is 7.01. The molecule has 0 aliphatic carbocycles.